The van der Waals surface area contributed by atoms with Gasteiger partial charge in [0.1, 0.15) is 5.82 Å². The Labute approximate surface area is 146 Å². The molecular formula is C19H17N5O. The zero-order valence-corrected chi connectivity index (χ0v) is 13.7. The Hall–Kier alpha value is -3.25. The number of benzene rings is 1. The minimum Gasteiger partial charge on any atom is -0.313 e. The van der Waals surface area contributed by atoms with E-state index in [-0.39, 0.29) is 5.78 Å². The van der Waals surface area contributed by atoms with Gasteiger partial charge < -0.3 is 4.57 Å². The number of aromatic nitrogens is 3. The van der Waals surface area contributed by atoms with Gasteiger partial charge >= 0.3 is 0 Å². The highest BCUT2D eigenvalue weighted by atomic mass is 16.1. The predicted molar refractivity (Wildman–Crippen MR) is 91.1 cm³/mol. The summed E-state index contributed by atoms with van der Waals surface area (Å²) in [7, 11) is 0. The van der Waals surface area contributed by atoms with Crippen molar-refractivity contribution in [1.82, 2.24) is 14.8 Å². The molecule has 1 aromatic heterocycles. The fraction of sp³-hybridized carbons (Fsp3) is 0.316. The molecule has 2 heterocycles. The quantitative estimate of drug-likeness (QED) is 0.803. The molecule has 1 aromatic carbocycles. The Kier molecular flexibility index (Phi) is 5.01. The van der Waals surface area contributed by atoms with Crippen molar-refractivity contribution in [3.05, 3.63) is 53.1 Å². The van der Waals surface area contributed by atoms with Crippen molar-refractivity contribution in [1.29, 1.82) is 10.5 Å². The van der Waals surface area contributed by atoms with Crippen LogP contribution >= 0.6 is 0 Å². The van der Waals surface area contributed by atoms with Crippen LogP contribution in [0.4, 0.5) is 0 Å². The Bertz CT molecular complexity index is 897. The highest BCUT2D eigenvalue weighted by molar-refractivity contribution is 6.00. The maximum Gasteiger partial charge on any atom is 0.180 e. The second-order valence-corrected chi connectivity index (χ2v) is 5.93. The lowest BCUT2D eigenvalue weighted by molar-refractivity contribution is -0.115. The topological polar surface area (TPSA) is 95.4 Å². The number of nitriles is 2. The van der Waals surface area contributed by atoms with Crippen molar-refractivity contribution in [2.75, 3.05) is 0 Å². The van der Waals surface area contributed by atoms with Gasteiger partial charge in [-0.25, -0.2) is 0 Å². The SMILES string of the molecule is N#Cc1ccccc1/C=C/C(=O)[C@@H](C#N)c1nnc2n1CCCCC2. The molecule has 1 aliphatic heterocycles. The van der Waals surface area contributed by atoms with Crippen LogP contribution in [0.1, 0.15) is 48.0 Å². The smallest absolute Gasteiger partial charge is 0.180 e. The zero-order chi connectivity index (χ0) is 17.6. The number of carbonyl (C=O) groups is 1. The minimum atomic E-state index is -0.982. The van der Waals surface area contributed by atoms with E-state index in [0.717, 1.165) is 38.1 Å². The summed E-state index contributed by atoms with van der Waals surface area (Å²) in [5.41, 5.74) is 1.13. The van der Waals surface area contributed by atoms with Gasteiger partial charge in [0.15, 0.2) is 17.5 Å². The Balaban J connectivity index is 1.86. The molecule has 6 nitrogen and oxygen atoms in total. The van der Waals surface area contributed by atoms with Crippen molar-refractivity contribution in [3.8, 4) is 12.1 Å². The van der Waals surface area contributed by atoms with Crippen LogP contribution in [0.5, 0.6) is 0 Å². The third kappa shape index (κ3) is 3.49. The number of nitrogens with zero attached hydrogens (tertiary/aromatic N) is 5. The molecule has 124 valence electrons. The second-order valence-electron chi connectivity index (χ2n) is 5.93. The number of hydrogen-bond acceptors (Lipinski definition) is 5. The molecule has 0 aliphatic carbocycles. The van der Waals surface area contributed by atoms with E-state index in [1.165, 1.54) is 6.08 Å². The van der Waals surface area contributed by atoms with Crippen LogP contribution < -0.4 is 0 Å². The van der Waals surface area contributed by atoms with E-state index in [4.69, 9.17) is 5.26 Å². The predicted octanol–water partition coefficient (Wildman–Crippen LogP) is 2.77. The molecule has 25 heavy (non-hydrogen) atoms. The molecule has 0 amide bonds. The monoisotopic (exact) mass is 331 g/mol. The Morgan fingerprint density at radius 1 is 1.20 bits per heavy atom. The molecule has 6 heteroatoms. The Morgan fingerprint density at radius 2 is 2.04 bits per heavy atom. The summed E-state index contributed by atoms with van der Waals surface area (Å²) < 4.78 is 1.91. The van der Waals surface area contributed by atoms with E-state index >= 15 is 0 Å². The first kappa shape index (κ1) is 16.6. The maximum absolute atomic E-state index is 12.5. The number of fused-ring (bicyclic) bond motifs is 1. The summed E-state index contributed by atoms with van der Waals surface area (Å²) >= 11 is 0. The molecule has 0 spiro atoms. The van der Waals surface area contributed by atoms with Gasteiger partial charge in [0, 0.05) is 13.0 Å². The summed E-state index contributed by atoms with van der Waals surface area (Å²) in [6.07, 6.45) is 6.90. The molecule has 0 unspecified atom stereocenters. The molecule has 0 N–H and O–H groups in total. The molecule has 1 aliphatic rings. The minimum absolute atomic E-state index is 0.352. The summed E-state index contributed by atoms with van der Waals surface area (Å²) in [6.45, 7) is 0.740. The summed E-state index contributed by atoms with van der Waals surface area (Å²) in [5.74, 6) is -0.0680. The molecule has 3 rings (SSSR count). The van der Waals surface area contributed by atoms with Crippen molar-refractivity contribution in [3.63, 3.8) is 0 Å². The fourth-order valence-electron chi connectivity index (χ4n) is 2.98. The van der Waals surface area contributed by atoms with Gasteiger partial charge in [0.2, 0.25) is 0 Å². The van der Waals surface area contributed by atoms with Crippen LogP contribution in [0.25, 0.3) is 6.08 Å². The molecule has 0 bridgehead atoms. The number of hydrogen-bond donors (Lipinski definition) is 0. The average Bonchev–Trinajstić information content (AvgIpc) is 2.88. The highest BCUT2D eigenvalue weighted by Crippen LogP contribution is 2.21. The maximum atomic E-state index is 12.5. The number of ketones is 1. The van der Waals surface area contributed by atoms with E-state index in [1.54, 1.807) is 30.3 Å². The lowest BCUT2D eigenvalue weighted by Crippen LogP contribution is -2.15. The van der Waals surface area contributed by atoms with Crippen molar-refractivity contribution >= 4 is 11.9 Å². The molecule has 0 fully saturated rings. The summed E-state index contributed by atoms with van der Waals surface area (Å²) in [5, 5.41) is 26.9. The van der Waals surface area contributed by atoms with E-state index in [1.807, 2.05) is 4.57 Å². The van der Waals surface area contributed by atoms with Gasteiger partial charge in [-0.1, -0.05) is 30.7 Å². The fourth-order valence-corrected chi connectivity index (χ4v) is 2.98. The lowest BCUT2D eigenvalue weighted by atomic mass is 10.0. The normalized spacial score (nSPS) is 15.0. The summed E-state index contributed by atoms with van der Waals surface area (Å²) in [6, 6.07) is 11.1. The van der Waals surface area contributed by atoms with Gasteiger partial charge in [-0.3, -0.25) is 4.79 Å². The standard InChI is InChI=1S/C19H17N5O/c20-12-15-7-4-3-6-14(15)9-10-17(25)16(13-21)19-23-22-18-8-2-1-5-11-24(18)19/h3-4,6-7,9-10,16H,1-2,5,8,11H2/b10-9+/t16-/m1/s1. The molecule has 1 atom stereocenters. The largest absolute Gasteiger partial charge is 0.313 e. The van der Waals surface area contributed by atoms with Crippen molar-refractivity contribution in [2.45, 2.75) is 38.1 Å². The first-order valence-corrected chi connectivity index (χ1v) is 8.27. The third-order valence-electron chi connectivity index (χ3n) is 4.32. The van der Waals surface area contributed by atoms with Crippen LogP contribution in [0.15, 0.2) is 30.3 Å². The first-order chi connectivity index (χ1) is 12.2. The van der Waals surface area contributed by atoms with Crippen LogP contribution in [0.3, 0.4) is 0 Å². The average molecular weight is 331 g/mol. The van der Waals surface area contributed by atoms with Crippen LogP contribution in [0.2, 0.25) is 0 Å². The van der Waals surface area contributed by atoms with Gasteiger partial charge in [-0.05, 0) is 30.5 Å². The van der Waals surface area contributed by atoms with E-state index in [9.17, 15) is 10.1 Å². The Morgan fingerprint density at radius 3 is 2.84 bits per heavy atom. The molecule has 0 saturated carbocycles. The van der Waals surface area contributed by atoms with Gasteiger partial charge in [-0.2, -0.15) is 10.5 Å². The highest BCUT2D eigenvalue weighted by Gasteiger charge is 2.26. The van der Waals surface area contributed by atoms with E-state index in [2.05, 4.69) is 22.3 Å². The third-order valence-corrected chi connectivity index (χ3v) is 4.32. The number of carbonyl (C=O) groups excluding carboxylic acids is 1. The van der Waals surface area contributed by atoms with Gasteiger partial charge in [0.05, 0.1) is 17.7 Å². The van der Waals surface area contributed by atoms with E-state index in [0.29, 0.717) is 17.0 Å². The molecule has 2 aromatic rings. The van der Waals surface area contributed by atoms with Gasteiger partial charge in [-0.15, -0.1) is 10.2 Å². The lowest BCUT2D eigenvalue weighted by Gasteiger charge is -2.09. The van der Waals surface area contributed by atoms with Crippen molar-refractivity contribution in [2.24, 2.45) is 0 Å². The van der Waals surface area contributed by atoms with Gasteiger partial charge in [0.25, 0.3) is 0 Å². The second kappa shape index (κ2) is 7.55. The number of allylic oxidation sites excluding steroid dienone is 1. The van der Waals surface area contributed by atoms with Crippen LogP contribution in [0, 0.1) is 22.7 Å². The summed E-state index contributed by atoms with van der Waals surface area (Å²) in [4.78, 5) is 12.5. The number of rotatable bonds is 4. The van der Waals surface area contributed by atoms with E-state index < -0.39 is 5.92 Å². The number of aryl methyl sites for hydroxylation is 1. The molecule has 0 radical (unpaired) electrons. The van der Waals surface area contributed by atoms with Crippen LogP contribution in [-0.4, -0.2) is 20.5 Å². The molecular weight excluding hydrogens is 314 g/mol. The van der Waals surface area contributed by atoms with Crippen LogP contribution in [-0.2, 0) is 17.8 Å². The first-order valence-electron chi connectivity index (χ1n) is 8.27. The van der Waals surface area contributed by atoms with Crippen molar-refractivity contribution < 1.29 is 4.79 Å². The zero-order valence-electron chi connectivity index (χ0n) is 13.7. The molecule has 0 saturated heterocycles.